The fraction of sp³-hybridized carbons (Fsp3) is 0.375. The highest BCUT2D eigenvalue weighted by molar-refractivity contribution is 6.35. The number of hydrogen-bond donors (Lipinski definition) is 3. The van der Waals surface area contributed by atoms with Crippen molar-refractivity contribution >= 4 is 29.1 Å². The third kappa shape index (κ3) is 7.93. The van der Waals surface area contributed by atoms with E-state index in [-0.39, 0.29) is 18.9 Å². The van der Waals surface area contributed by atoms with Crippen LogP contribution in [0, 0.1) is 0 Å². The van der Waals surface area contributed by atoms with Crippen molar-refractivity contribution < 1.29 is 23.9 Å². The molecule has 25 heavy (non-hydrogen) atoms. The Bertz CT molecular complexity index is 628. The van der Waals surface area contributed by atoms with E-state index in [1.165, 1.54) is 7.11 Å². The van der Waals surface area contributed by atoms with Crippen LogP contribution >= 0.6 is 0 Å². The maximum Gasteiger partial charge on any atom is 0.329 e. The molecule has 0 fully saturated rings. The van der Waals surface area contributed by atoms with Crippen molar-refractivity contribution in [2.24, 2.45) is 5.10 Å². The summed E-state index contributed by atoms with van der Waals surface area (Å²) in [6.45, 7) is 2.08. The van der Waals surface area contributed by atoms with Crippen LogP contribution in [0.4, 0.5) is 5.69 Å². The van der Waals surface area contributed by atoms with Gasteiger partial charge in [0.15, 0.2) is 0 Å². The number of carbonyl (C=O) groups is 3. The van der Waals surface area contributed by atoms with Gasteiger partial charge in [-0.2, -0.15) is 5.10 Å². The number of methoxy groups -OCH3 is 2. The van der Waals surface area contributed by atoms with Gasteiger partial charge in [0.25, 0.3) is 0 Å². The first-order valence-corrected chi connectivity index (χ1v) is 7.50. The maximum atomic E-state index is 11.9. The van der Waals surface area contributed by atoms with E-state index in [2.05, 4.69) is 21.2 Å². The number of nitrogens with zero attached hydrogens (tertiary/aromatic N) is 1. The molecule has 0 saturated carbocycles. The third-order valence-corrected chi connectivity index (χ3v) is 2.94. The van der Waals surface area contributed by atoms with Crippen LogP contribution in [0.2, 0.25) is 0 Å². The molecule has 0 saturated heterocycles. The number of anilines is 1. The van der Waals surface area contributed by atoms with E-state index < -0.39 is 11.8 Å². The lowest BCUT2D eigenvalue weighted by molar-refractivity contribution is -0.139. The van der Waals surface area contributed by atoms with Gasteiger partial charge in [0.1, 0.15) is 5.75 Å². The largest absolute Gasteiger partial charge is 0.497 e. The van der Waals surface area contributed by atoms with E-state index in [0.29, 0.717) is 23.8 Å². The van der Waals surface area contributed by atoms with E-state index in [1.807, 2.05) is 0 Å². The van der Waals surface area contributed by atoms with Gasteiger partial charge in [-0.15, -0.1) is 0 Å². The Morgan fingerprint density at radius 3 is 2.36 bits per heavy atom. The van der Waals surface area contributed by atoms with Crippen molar-refractivity contribution in [3.05, 3.63) is 24.3 Å². The maximum absolute atomic E-state index is 11.9. The molecule has 0 aliphatic carbocycles. The van der Waals surface area contributed by atoms with Crippen LogP contribution < -0.4 is 20.8 Å². The lowest BCUT2D eigenvalue weighted by Crippen LogP contribution is -2.39. The van der Waals surface area contributed by atoms with Crippen LogP contribution in [0.5, 0.6) is 5.75 Å². The van der Waals surface area contributed by atoms with Gasteiger partial charge >= 0.3 is 11.8 Å². The molecule has 3 N–H and O–H groups in total. The summed E-state index contributed by atoms with van der Waals surface area (Å²) in [6.07, 6.45) is -0.0302. The Kier molecular flexibility index (Phi) is 8.66. The molecule has 0 spiro atoms. The van der Waals surface area contributed by atoms with Crippen molar-refractivity contribution in [3.63, 3.8) is 0 Å². The molecular weight excluding hydrogens is 328 g/mol. The van der Waals surface area contributed by atoms with Gasteiger partial charge in [0, 0.05) is 25.1 Å². The molecule has 0 aliphatic rings. The lowest BCUT2D eigenvalue weighted by Gasteiger charge is -2.06. The van der Waals surface area contributed by atoms with Crippen LogP contribution in [0.3, 0.4) is 0 Å². The average molecular weight is 350 g/mol. The smallest absolute Gasteiger partial charge is 0.329 e. The minimum Gasteiger partial charge on any atom is -0.497 e. The fourth-order valence-corrected chi connectivity index (χ4v) is 1.70. The van der Waals surface area contributed by atoms with Gasteiger partial charge in [0.05, 0.1) is 20.1 Å². The normalized spacial score (nSPS) is 10.8. The van der Waals surface area contributed by atoms with Crippen LogP contribution in [0.25, 0.3) is 0 Å². The van der Waals surface area contributed by atoms with E-state index in [0.717, 1.165) is 0 Å². The van der Waals surface area contributed by atoms with Crippen LogP contribution in [0.1, 0.15) is 13.3 Å². The fourth-order valence-electron chi connectivity index (χ4n) is 1.70. The number of nitrogens with one attached hydrogen (secondary N) is 3. The highest BCUT2D eigenvalue weighted by Gasteiger charge is 2.12. The number of amides is 3. The second-order valence-electron chi connectivity index (χ2n) is 4.99. The molecule has 0 radical (unpaired) electrons. The predicted octanol–water partition coefficient (Wildman–Crippen LogP) is 0.279. The number of benzene rings is 1. The summed E-state index contributed by atoms with van der Waals surface area (Å²) in [4.78, 5) is 34.8. The lowest BCUT2D eigenvalue weighted by atomic mass is 10.2. The molecule has 9 nitrogen and oxygen atoms in total. The van der Waals surface area contributed by atoms with Gasteiger partial charge in [0.2, 0.25) is 5.91 Å². The first-order chi connectivity index (χ1) is 12.0. The first kappa shape index (κ1) is 20.1. The van der Waals surface area contributed by atoms with Crippen molar-refractivity contribution in [3.8, 4) is 5.75 Å². The quantitative estimate of drug-likeness (QED) is 0.269. The second kappa shape index (κ2) is 10.8. The zero-order valence-electron chi connectivity index (χ0n) is 14.4. The monoisotopic (exact) mass is 350 g/mol. The molecule has 136 valence electrons. The molecule has 0 aromatic heterocycles. The SMILES string of the molecule is COCCNC(=O)C(=O)N/N=C(\C)CC(=O)Nc1ccc(OC)cc1. The zero-order valence-corrected chi connectivity index (χ0v) is 14.4. The summed E-state index contributed by atoms with van der Waals surface area (Å²) >= 11 is 0. The molecule has 0 unspecified atom stereocenters. The number of hydrazone groups is 1. The molecule has 0 aliphatic heterocycles. The second-order valence-corrected chi connectivity index (χ2v) is 4.99. The molecule has 0 bridgehead atoms. The number of hydrogen-bond acceptors (Lipinski definition) is 6. The Labute approximate surface area is 145 Å². The topological polar surface area (TPSA) is 118 Å². The van der Waals surface area contributed by atoms with Crippen molar-refractivity contribution in [1.29, 1.82) is 0 Å². The van der Waals surface area contributed by atoms with Crippen LogP contribution in [-0.2, 0) is 19.1 Å². The van der Waals surface area contributed by atoms with Gasteiger partial charge < -0.3 is 20.1 Å². The highest BCUT2D eigenvalue weighted by Crippen LogP contribution is 2.15. The molecule has 0 heterocycles. The molecule has 1 aromatic rings. The van der Waals surface area contributed by atoms with Gasteiger partial charge in [-0.1, -0.05) is 0 Å². The summed E-state index contributed by atoms with van der Waals surface area (Å²) in [6, 6.07) is 6.85. The highest BCUT2D eigenvalue weighted by atomic mass is 16.5. The van der Waals surface area contributed by atoms with Gasteiger partial charge in [-0.05, 0) is 31.2 Å². The Morgan fingerprint density at radius 2 is 1.76 bits per heavy atom. The molecule has 1 aromatic carbocycles. The van der Waals surface area contributed by atoms with Crippen LogP contribution in [-0.4, -0.2) is 50.8 Å². The summed E-state index contributed by atoms with van der Waals surface area (Å²) in [5.41, 5.74) is 3.06. The number of ether oxygens (including phenoxy) is 2. The van der Waals surface area contributed by atoms with Crippen molar-refractivity contribution in [2.45, 2.75) is 13.3 Å². The third-order valence-electron chi connectivity index (χ3n) is 2.94. The van der Waals surface area contributed by atoms with Crippen molar-refractivity contribution in [2.75, 3.05) is 32.7 Å². The van der Waals surface area contributed by atoms with Crippen LogP contribution in [0.15, 0.2) is 29.4 Å². The summed E-state index contributed by atoms with van der Waals surface area (Å²) in [5.74, 6) is -1.35. The molecule has 0 atom stereocenters. The molecule has 3 amide bonds. The van der Waals surface area contributed by atoms with Gasteiger partial charge in [-0.3, -0.25) is 14.4 Å². The minimum absolute atomic E-state index is 0.0302. The Hall–Kier alpha value is -2.94. The van der Waals surface area contributed by atoms with Crippen molar-refractivity contribution in [1.82, 2.24) is 10.7 Å². The summed E-state index contributed by atoms with van der Waals surface area (Å²) in [5, 5.41) is 8.77. The standard InChI is InChI=1S/C16H22N4O5/c1-11(19-20-16(23)15(22)17-8-9-24-2)10-14(21)18-12-4-6-13(25-3)7-5-12/h4-7H,8-10H2,1-3H3,(H,17,22)(H,18,21)(H,20,23)/b19-11+. The Morgan fingerprint density at radius 1 is 1.08 bits per heavy atom. The van der Waals surface area contributed by atoms with E-state index in [9.17, 15) is 14.4 Å². The Balaban J connectivity index is 2.41. The predicted molar refractivity (Wildman–Crippen MR) is 92.4 cm³/mol. The molecular formula is C16H22N4O5. The number of carbonyl (C=O) groups excluding carboxylic acids is 3. The molecule has 9 heteroatoms. The van der Waals surface area contributed by atoms with E-state index in [4.69, 9.17) is 9.47 Å². The van der Waals surface area contributed by atoms with Gasteiger partial charge in [-0.25, -0.2) is 5.43 Å². The molecule has 1 rings (SSSR count). The summed E-state index contributed by atoms with van der Waals surface area (Å²) < 4.78 is 9.78. The minimum atomic E-state index is -0.911. The van der Waals surface area contributed by atoms with E-state index >= 15 is 0 Å². The average Bonchev–Trinajstić information content (AvgIpc) is 2.60. The number of rotatable bonds is 8. The summed E-state index contributed by atoms with van der Waals surface area (Å²) in [7, 11) is 3.04. The zero-order chi connectivity index (χ0) is 18.7. The first-order valence-electron chi connectivity index (χ1n) is 7.50. The van der Waals surface area contributed by atoms with E-state index in [1.54, 1.807) is 38.3 Å².